The van der Waals surface area contributed by atoms with E-state index in [-0.39, 0.29) is 64.2 Å². The van der Waals surface area contributed by atoms with Crippen molar-refractivity contribution < 1.29 is 38.7 Å². The Labute approximate surface area is 368 Å². The summed E-state index contributed by atoms with van der Waals surface area (Å²) >= 11 is 0. The van der Waals surface area contributed by atoms with Crippen molar-refractivity contribution in [1.82, 2.24) is 5.32 Å². The molecule has 18 nitrogen and oxygen atoms in total. The van der Waals surface area contributed by atoms with Crippen molar-refractivity contribution in [3.8, 4) is 0 Å². The predicted molar refractivity (Wildman–Crippen MR) is 237 cm³/mol. The van der Waals surface area contributed by atoms with Crippen LogP contribution in [0.2, 0.25) is 0 Å². The number of aliphatic carboxylic acids is 1. The standard InChI is InChI=1S/C45H66N10O8/c1-21-36-24(10-13-30(47)57)41(3,4)28(53-36)18-27-23(9-12-29(46)56)43(6,19-33(50)60)39(52-27)22(2)37-25(11-14-31(48)58)44(7,20-34(51)61)45(8,55-37)40-26(17-32(49)59)42(5,38(21)54-40)16-15-35(62)63/h18,23-26,40,52H,9-17,19-20H2,1-8H3,(H2,46,56)(H2,47,57)(H2,48,58)(H2,49,59)(H2,50,60)(H2,51,61)(H,62,63)/b27-18-,36-21-,39-22?/t23-,24-,25-,26+,40?,42-,43+,44+,45+/m1/s1. The molecule has 5 rings (SSSR count). The third-order valence-electron chi connectivity index (χ3n) is 15.5. The lowest BCUT2D eigenvalue weighted by Gasteiger charge is -2.48. The number of nitrogens with zero attached hydrogens (tertiary/aromatic N) is 3. The molecule has 1 unspecified atom stereocenters. The molecule has 0 aromatic rings. The van der Waals surface area contributed by atoms with E-state index in [1.165, 1.54) is 0 Å². The van der Waals surface area contributed by atoms with Gasteiger partial charge in [-0.2, -0.15) is 0 Å². The highest BCUT2D eigenvalue weighted by Gasteiger charge is 2.66. The summed E-state index contributed by atoms with van der Waals surface area (Å²) in [4.78, 5) is 106. The average molecular weight is 875 g/mol. The van der Waals surface area contributed by atoms with E-state index in [1.54, 1.807) is 0 Å². The van der Waals surface area contributed by atoms with E-state index in [2.05, 4.69) is 5.32 Å². The molecular weight excluding hydrogens is 809 g/mol. The SMILES string of the molecule is CC1=C2N/C(=C\C3=NC(=C(/C)C4=NC([C@H](CC(N)=O)[C@@]4(C)CCC(=O)O)[C@]4(C)N=C1[C@@H](CCC(N)=O)[C@]4(C)CC(N)=O)/[C@@H](CCC(N)=O)C3(C)C)[C@@H](CCC(N)=O)[C@]2(C)CC(N)=O. The van der Waals surface area contributed by atoms with Crippen molar-refractivity contribution in [1.29, 1.82) is 0 Å². The monoisotopic (exact) mass is 875 g/mol. The Morgan fingerprint density at radius 3 is 1.73 bits per heavy atom. The molecule has 6 amide bonds. The Kier molecular flexibility index (Phi) is 13.1. The highest BCUT2D eigenvalue weighted by molar-refractivity contribution is 6.10. The number of amides is 6. The van der Waals surface area contributed by atoms with E-state index in [1.807, 2.05) is 61.5 Å². The quantitative estimate of drug-likeness (QED) is 0.100. The molecule has 14 N–H and O–H groups in total. The minimum atomic E-state index is -1.39. The number of fused-ring (bicyclic) bond motifs is 6. The summed E-state index contributed by atoms with van der Waals surface area (Å²) in [5.41, 5.74) is 34.4. The number of carboxylic acid groups (broad SMARTS) is 1. The fourth-order valence-corrected chi connectivity index (χ4v) is 11.9. The first-order chi connectivity index (χ1) is 29.0. The van der Waals surface area contributed by atoms with Gasteiger partial charge in [-0.1, -0.05) is 34.6 Å². The van der Waals surface area contributed by atoms with E-state index in [0.717, 1.165) is 0 Å². The number of nitrogens with two attached hydrogens (primary N) is 6. The maximum Gasteiger partial charge on any atom is 0.303 e. The molecule has 0 radical (unpaired) electrons. The molecule has 0 aromatic heterocycles. The van der Waals surface area contributed by atoms with Crippen LogP contribution in [-0.2, 0) is 33.6 Å². The van der Waals surface area contributed by atoms with Crippen LogP contribution in [0.5, 0.6) is 0 Å². The second-order valence-corrected chi connectivity index (χ2v) is 19.9. The summed E-state index contributed by atoms with van der Waals surface area (Å²) in [6.45, 7) is 15.1. The van der Waals surface area contributed by atoms with Crippen LogP contribution in [-0.4, -0.2) is 75.2 Å². The fraction of sp³-hybridized carbons (Fsp3) is 0.644. The van der Waals surface area contributed by atoms with Gasteiger partial charge in [0, 0.05) is 125 Å². The third-order valence-corrected chi connectivity index (χ3v) is 15.5. The first kappa shape index (κ1) is 48.4. The molecule has 5 aliphatic heterocycles. The molecule has 0 spiro atoms. The number of carbonyl (C=O) groups is 7. The summed E-state index contributed by atoms with van der Waals surface area (Å²) in [6, 6.07) is -0.928. The molecule has 5 heterocycles. The van der Waals surface area contributed by atoms with Crippen molar-refractivity contribution in [2.75, 3.05) is 0 Å². The van der Waals surface area contributed by atoms with Gasteiger partial charge < -0.3 is 44.8 Å². The lowest BCUT2D eigenvalue weighted by atomic mass is 9.55. The van der Waals surface area contributed by atoms with Gasteiger partial charge in [0.2, 0.25) is 35.4 Å². The molecule has 0 aromatic carbocycles. The van der Waals surface area contributed by atoms with Gasteiger partial charge in [0.25, 0.3) is 0 Å². The van der Waals surface area contributed by atoms with Crippen LogP contribution in [0.1, 0.15) is 126 Å². The van der Waals surface area contributed by atoms with Crippen LogP contribution in [0.4, 0.5) is 0 Å². The van der Waals surface area contributed by atoms with E-state index in [9.17, 15) is 38.7 Å². The van der Waals surface area contributed by atoms with Crippen LogP contribution in [0.15, 0.2) is 49.3 Å². The molecule has 8 bridgehead atoms. The summed E-state index contributed by atoms with van der Waals surface area (Å²) in [5.74, 6) is -7.06. The summed E-state index contributed by atoms with van der Waals surface area (Å²) in [5, 5.41) is 13.8. The lowest BCUT2D eigenvalue weighted by molar-refractivity contribution is -0.137. The second-order valence-electron chi connectivity index (χ2n) is 19.9. The van der Waals surface area contributed by atoms with Crippen molar-refractivity contribution in [3.05, 3.63) is 34.3 Å². The number of nitrogens with one attached hydrogen (secondary N) is 1. The van der Waals surface area contributed by atoms with Gasteiger partial charge in [-0.25, -0.2) is 0 Å². The highest BCUT2D eigenvalue weighted by Crippen LogP contribution is 2.62. The number of allylic oxidation sites excluding steroid dienone is 6. The lowest BCUT2D eigenvalue weighted by Crippen LogP contribution is -2.56. The van der Waals surface area contributed by atoms with Gasteiger partial charge in [-0.3, -0.25) is 48.5 Å². The maximum absolute atomic E-state index is 13.4. The Balaban J connectivity index is 2.03. The number of hydrogen-bond donors (Lipinski definition) is 8. The third kappa shape index (κ3) is 8.56. The van der Waals surface area contributed by atoms with E-state index < -0.39 is 98.3 Å². The van der Waals surface area contributed by atoms with Gasteiger partial charge in [-0.15, -0.1) is 0 Å². The number of rotatable bonds is 18. The van der Waals surface area contributed by atoms with Gasteiger partial charge >= 0.3 is 5.97 Å². The molecule has 9 atom stereocenters. The number of primary amides is 6. The number of hydrogen-bond acceptors (Lipinski definition) is 11. The summed E-state index contributed by atoms with van der Waals surface area (Å²) in [6.07, 6.45) is 1.58. The Hall–Kier alpha value is -5.68. The highest BCUT2D eigenvalue weighted by atomic mass is 16.4. The largest absolute Gasteiger partial charge is 0.481 e. The number of carboxylic acids is 1. The average Bonchev–Trinajstić information content (AvgIpc) is 3.75. The predicted octanol–water partition coefficient (Wildman–Crippen LogP) is 2.32. The zero-order valence-electron chi connectivity index (χ0n) is 37.9. The molecule has 344 valence electrons. The van der Waals surface area contributed by atoms with Crippen molar-refractivity contribution in [3.63, 3.8) is 0 Å². The minimum absolute atomic E-state index is 0.0237. The summed E-state index contributed by atoms with van der Waals surface area (Å²) < 4.78 is 0. The second kappa shape index (κ2) is 17.1. The van der Waals surface area contributed by atoms with E-state index in [0.29, 0.717) is 51.8 Å². The Morgan fingerprint density at radius 2 is 1.22 bits per heavy atom. The van der Waals surface area contributed by atoms with Crippen LogP contribution in [0.25, 0.3) is 0 Å². The van der Waals surface area contributed by atoms with Gasteiger partial charge in [0.1, 0.15) is 0 Å². The zero-order chi connectivity index (χ0) is 47.4. The number of carbonyl (C=O) groups excluding carboxylic acids is 6. The number of aliphatic imine (C=N–C) groups is 3. The molecule has 63 heavy (non-hydrogen) atoms. The van der Waals surface area contributed by atoms with Crippen LogP contribution in [0.3, 0.4) is 0 Å². The Bertz CT molecular complexity index is 2220. The van der Waals surface area contributed by atoms with Crippen molar-refractivity contribution in [2.24, 2.45) is 94.7 Å². The minimum Gasteiger partial charge on any atom is -0.481 e. The molecule has 18 heteroatoms. The van der Waals surface area contributed by atoms with Crippen molar-refractivity contribution in [2.45, 2.75) is 138 Å². The Morgan fingerprint density at radius 1 is 0.683 bits per heavy atom. The smallest absolute Gasteiger partial charge is 0.303 e. The molecule has 1 saturated heterocycles. The molecule has 0 aliphatic carbocycles. The van der Waals surface area contributed by atoms with Crippen LogP contribution < -0.4 is 39.7 Å². The molecule has 0 saturated carbocycles. The normalized spacial score (nSPS) is 35.0. The fourth-order valence-electron chi connectivity index (χ4n) is 11.9. The van der Waals surface area contributed by atoms with E-state index >= 15 is 0 Å². The molecule has 1 fully saturated rings. The van der Waals surface area contributed by atoms with Crippen molar-refractivity contribution >= 4 is 58.5 Å². The van der Waals surface area contributed by atoms with Crippen LogP contribution in [0, 0.1) is 45.3 Å². The van der Waals surface area contributed by atoms with E-state index in [4.69, 9.17) is 49.4 Å². The first-order valence-electron chi connectivity index (χ1n) is 21.6. The van der Waals surface area contributed by atoms with Gasteiger partial charge in [-0.05, 0) is 63.7 Å². The van der Waals surface area contributed by atoms with Crippen LogP contribution >= 0.6 is 0 Å². The molecule has 5 aliphatic rings. The summed E-state index contributed by atoms with van der Waals surface area (Å²) in [7, 11) is 0. The first-order valence-corrected chi connectivity index (χ1v) is 21.6. The zero-order valence-corrected chi connectivity index (χ0v) is 37.9. The maximum atomic E-state index is 13.4. The van der Waals surface area contributed by atoms with Gasteiger partial charge in [0.15, 0.2) is 0 Å². The molecular formula is C45H66N10O8. The topological polar surface area (TPSA) is 345 Å². The van der Waals surface area contributed by atoms with Gasteiger partial charge in [0.05, 0.1) is 11.6 Å².